The molecule has 1 amide bonds. The summed E-state index contributed by atoms with van der Waals surface area (Å²) in [4.78, 5) is 44.7. The third-order valence-electron chi connectivity index (χ3n) is 5.25. The zero-order valence-corrected chi connectivity index (χ0v) is 19.4. The second-order valence-electron chi connectivity index (χ2n) is 7.61. The molecule has 0 saturated heterocycles. The van der Waals surface area contributed by atoms with Crippen LogP contribution in [0, 0.1) is 20.8 Å². The zero-order valence-electron chi connectivity index (χ0n) is 18.5. The van der Waals surface area contributed by atoms with Gasteiger partial charge in [-0.25, -0.2) is 9.78 Å². The smallest absolute Gasteiger partial charge is 0.350 e. The molecule has 2 aromatic heterocycles. The van der Waals surface area contributed by atoms with Gasteiger partial charge in [0.1, 0.15) is 22.4 Å². The number of anilines is 1. The monoisotopic (exact) mass is 466 g/mol. The Kier molecular flexibility index (Phi) is 5.90. The summed E-state index contributed by atoms with van der Waals surface area (Å²) < 4.78 is 10.8. The molecule has 1 aliphatic rings. The van der Waals surface area contributed by atoms with E-state index in [9.17, 15) is 19.5 Å². The molecule has 0 bridgehead atoms. The fourth-order valence-corrected chi connectivity index (χ4v) is 4.62. The van der Waals surface area contributed by atoms with Crippen LogP contribution in [0.15, 0.2) is 52.1 Å². The van der Waals surface area contributed by atoms with Gasteiger partial charge < -0.3 is 14.3 Å². The molecule has 0 spiro atoms. The number of benzene rings is 1. The van der Waals surface area contributed by atoms with Crippen LogP contribution in [-0.4, -0.2) is 34.4 Å². The normalized spacial score (nSPS) is 15.9. The number of Topliss-reactive ketones (excluding diaryl/α,β-unsaturated/α-hetero) is 1. The van der Waals surface area contributed by atoms with Crippen molar-refractivity contribution in [2.75, 3.05) is 11.5 Å². The molecule has 0 fully saturated rings. The Bertz CT molecular complexity index is 1280. The Morgan fingerprint density at radius 3 is 2.45 bits per heavy atom. The lowest BCUT2D eigenvalue weighted by Gasteiger charge is -2.22. The summed E-state index contributed by atoms with van der Waals surface area (Å²) in [6.45, 7) is 7.15. The number of aliphatic hydroxyl groups excluding tert-OH is 1. The van der Waals surface area contributed by atoms with E-state index in [4.69, 9.17) is 9.15 Å². The molecule has 1 aliphatic heterocycles. The van der Waals surface area contributed by atoms with E-state index in [2.05, 4.69) is 4.98 Å². The number of aromatic nitrogens is 1. The Hall–Kier alpha value is -3.72. The van der Waals surface area contributed by atoms with E-state index in [-0.39, 0.29) is 22.2 Å². The summed E-state index contributed by atoms with van der Waals surface area (Å²) >= 11 is 0.956. The van der Waals surface area contributed by atoms with Crippen LogP contribution in [-0.2, 0) is 9.53 Å². The Morgan fingerprint density at radius 2 is 1.85 bits per heavy atom. The Labute approximate surface area is 194 Å². The van der Waals surface area contributed by atoms with Crippen LogP contribution in [0.4, 0.5) is 5.13 Å². The maximum atomic E-state index is 13.4. The van der Waals surface area contributed by atoms with E-state index in [0.29, 0.717) is 22.8 Å². The highest BCUT2D eigenvalue weighted by molar-refractivity contribution is 7.17. The average molecular weight is 467 g/mol. The van der Waals surface area contributed by atoms with Crippen molar-refractivity contribution in [2.24, 2.45) is 0 Å². The van der Waals surface area contributed by atoms with E-state index >= 15 is 0 Å². The van der Waals surface area contributed by atoms with Crippen molar-refractivity contribution in [3.63, 3.8) is 0 Å². The topological polar surface area (TPSA) is 110 Å². The van der Waals surface area contributed by atoms with Crippen LogP contribution >= 0.6 is 11.3 Å². The van der Waals surface area contributed by atoms with E-state index in [1.807, 2.05) is 6.92 Å². The molecule has 8 nitrogen and oxygen atoms in total. The Balaban J connectivity index is 1.83. The molecule has 1 atom stereocenters. The van der Waals surface area contributed by atoms with Crippen molar-refractivity contribution in [1.29, 1.82) is 0 Å². The van der Waals surface area contributed by atoms with Crippen molar-refractivity contribution in [3.05, 3.63) is 80.9 Å². The van der Waals surface area contributed by atoms with Gasteiger partial charge in [0.2, 0.25) is 0 Å². The van der Waals surface area contributed by atoms with Gasteiger partial charge in [0.05, 0.1) is 17.9 Å². The van der Waals surface area contributed by atoms with Gasteiger partial charge in [-0.15, -0.1) is 0 Å². The molecule has 1 aromatic carbocycles. The lowest BCUT2D eigenvalue weighted by molar-refractivity contribution is -0.117. The highest BCUT2D eigenvalue weighted by Crippen LogP contribution is 2.44. The van der Waals surface area contributed by atoms with Crippen LogP contribution in [0.25, 0.3) is 0 Å². The highest BCUT2D eigenvalue weighted by atomic mass is 32.1. The number of hydrogen-bond donors (Lipinski definition) is 1. The number of nitrogens with zero attached hydrogens (tertiary/aromatic N) is 2. The number of ketones is 1. The van der Waals surface area contributed by atoms with Gasteiger partial charge in [-0.1, -0.05) is 41.2 Å². The molecule has 170 valence electrons. The van der Waals surface area contributed by atoms with Crippen LogP contribution < -0.4 is 4.90 Å². The summed E-state index contributed by atoms with van der Waals surface area (Å²) in [5, 5.41) is 10.9. The van der Waals surface area contributed by atoms with Gasteiger partial charge in [-0.3, -0.25) is 14.5 Å². The predicted octanol–water partition coefficient (Wildman–Crippen LogP) is 4.62. The zero-order chi connectivity index (χ0) is 23.9. The number of carbonyl (C=O) groups excluding carboxylic acids is 3. The highest BCUT2D eigenvalue weighted by Gasteiger charge is 2.47. The molecule has 3 heterocycles. The van der Waals surface area contributed by atoms with Gasteiger partial charge in [0.15, 0.2) is 16.7 Å². The minimum Gasteiger partial charge on any atom is -0.503 e. The van der Waals surface area contributed by atoms with Crippen molar-refractivity contribution >= 4 is 34.1 Å². The first-order chi connectivity index (χ1) is 15.7. The number of aliphatic hydroxyl groups is 1. The second kappa shape index (κ2) is 8.67. The first kappa shape index (κ1) is 22.5. The van der Waals surface area contributed by atoms with Gasteiger partial charge in [0.25, 0.3) is 5.91 Å². The lowest BCUT2D eigenvalue weighted by atomic mass is 9.96. The van der Waals surface area contributed by atoms with Crippen molar-refractivity contribution in [1.82, 2.24) is 4.98 Å². The largest absolute Gasteiger partial charge is 0.503 e. The van der Waals surface area contributed by atoms with E-state index in [1.54, 1.807) is 57.2 Å². The number of ether oxygens (including phenoxy) is 1. The third kappa shape index (κ3) is 3.95. The maximum Gasteiger partial charge on any atom is 0.350 e. The standard InChI is InChI=1S/C24H22N2O6S/c1-5-31-23(30)21-14(4)25-24(33-21)26-18(16-11-8-13(3)32-16)17(20(28)22(26)29)19(27)15-9-6-12(2)7-10-15/h6-11,18,28H,5H2,1-4H3. The molecular weight excluding hydrogens is 444 g/mol. The van der Waals surface area contributed by atoms with E-state index in [1.165, 1.54) is 4.90 Å². The fraction of sp³-hybridized carbons (Fsp3) is 0.250. The van der Waals surface area contributed by atoms with Crippen molar-refractivity contribution in [2.45, 2.75) is 33.7 Å². The molecule has 4 rings (SSSR count). The fourth-order valence-electron chi connectivity index (χ4n) is 3.64. The molecule has 33 heavy (non-hydrogen) atoms. The molecule has 9 heteroatoms. The van der Waals surface area contributed by atoms with Crippen LogP contribution in [0.1, 0.15) is 55.8 Å². The number of carbonyl (C=O) groups is 3. The first-order valence-electron chi connectivity index (χ1n) is 10.3. The SMILES string of the molecule is CCOC(=O)c1sc(N2C(=O)C(O)=C(C(=O)c3ccc(C)cc3)C2c2ccc(C)o2)nc1C. The molecule has 1 N–H and O–H groups in total. The van der Waals surface area contributed by atoms with Gasteiger partial charge in [0, 0.05) is 5.56 Å². The molecule has 3 aromatic rings. The number of rotatable bonds is 6. The molecular formula is C24H22N2O6S. The van der Waals surface area contributed by atoms with Crippen molar-refractivity contribution in [3.8, 4) is 0 Å². The maximum absolute atomic E-state index is 13.4. The molecule has 0 aliphatic carbocycles. The van der Waals surface area contributed by atoms with Crippen LogP contribution in [0.3, 0.4) is 0 Å². The number of hydrogen-bond acceptors (Lipinski definition) is 8. The van der Waals surface area contributed by atoms with E-state index in [0.717, 1.165) is 16.9 Å². The number of furan rings is 1. The minimum atomic E-state index is -1.04. The Morgan fingerprint density at radius 1 is 1.15 bits per heavy atom. The summed E-state index contributed by atoms with van der Waals surface area (Å²) in [6.07, 6.45) is 0. The minimum absolute atomic E-state index is 0.108. The first-order valence-corrected chi connectivity index (χ1v) is 11.1. The predicted molar refractivity (Wildman–Crippen MR) is 122 cm³/mol. The number of thiazole rings is 1. The molecule has 0 saturated carbocycles. The third-order valence-corrected chi connectivity index (χ3v) is 6.39. The quantitative estimate of drug-likeness (QED) is 0.417. The second-order valence-corrected chi connectivity index (χ2v) is 8.59. The summed E-state index contributed by atoms with van der Waals surface area (Å²) in [7, 11) is 0. The molecule has 1 unspecified atom stereocenters. The van der Waals surface area contributed by atoms with Crippen LogP contribution in [0.2, 0.25) is 0 Å². The lowest BCUT2D eigenvalue weighted by Crippen LogP contribution is -2.30. The van der Waals surface area contributed by atoms with Crippen LogP contribution in [0.5, 0.6) is 0 Å². The van der Waals surface area contributed by atoms with Gasteiger partial charge in [-0.05, 0) is 39.8 Å². The summed E-state index contributed by atoms with van der Waals surface area (Å²) in [6, 6.07) is 9.15. The van der Waals surface area contributed by atoms with Crippen molar-refractivity contribution < 1.29 is 28.6 Å². The summed E-state index contributed by atoms with van der Waals surface area (Å²) in [5.74, 6) is -1.65. The molecule has 0 radical (unpaired) electrons. The number of aryl methyl sites for hydroxylation is 3. The number of amides is 1. The number of esters is 1. The van der Waals surface area contributed by atoms with Gasteiger partial charge >= 0.3 is 5.97 Å². The van der Waals surface area contributed by atoms with Gasteiger partial charge in [-0.2, -0.15) is 0 Å². The van der Waals surface area contributed by atoms with E-state index < -0.39 is 29.5 Å². The average Bonchev–Trinajstić information content (AvgIpc) is 3.44. The summed E-state index contributed by atoms with van der Waals surface area (Å²) in [5.41, 5.74) is 1.57.